The van der Waals surface area contributed by atoms with Crippen LogP contribution < -0.4 is 0 Å². The first-order valence-electron chi connectivity index (χ1n) is 8.00. The van der Waals surface area contributed by atoms with E-state index in [9.17, 15) is 13.0 Å². The summed E-state index contributed by atoms with van der Waals surface area (Å²) in [5.41, 5.74) is 1.86. The molecule has 0 radical (unpaired) electrons. The Labute approximate surface area is 155 Å². The molecule has 0 aliphatic heterocycles. The van der Waals surface area contributed by atoms with Gasteiger partial charge in [-0.3, -0.25) is 4.55 Å². The van der Waals surface area contributed by atoms with Crippen molar-refractivity contribution < 1.29 is 13.0 Å². The molecule has 0 spiro atoms. The summed E-state index contributed by atoms with van der Waals surface area (Å²) in [5.74, 6) is 0. The third-order valence-corrected chi connectivity index (χ3v) is 5.02. The van der Waals surface area contributed by atoms with E-state index in [1.54, 1.807) is 6.07 Å². The molecule has 124 valence electrons. The highest BCUT2D eigenvalue weighted by molar-refractivity contribution is 7.86. The molecule has 2 aromatic rings. The van der Waals surface area contributed by atoms with Crippen molar-refractivity contribution >= 4 is 43.9 Å². The summed E-state index contributed by atoms with van der Waals surface area (Å²) in [6.45, 7) is 4.20. The SMILES string of the molecule is CCCCc1cc2ccccc2c(S(=O)(=O)O)c1CCCC.[MgH2]. The van der Waals surface area contributed by atoms with Crippen molar-refractivity contribution in [1.29, 1.82) is 0 Å². The van der Waals surface area contributed by atoms with Crippen LogP contribution in [0.4, 0.5) is 0 Å². The van der Waals surface area contributed by atoms with E-state index in [4.69, 9.17) is 0 Å². The van der Waals surface area contributed by atoms with Crippen LogP contribution in [-0.4, -0.2) is 36.0 Å². The number of rotatable bonds is 7. The van der Waals surface area contributed by atoms with Crippen molar-refractivity contribution in [3.8, 4) is 0 Å². The Kier molecular flexibility index (Phi) is 8.00. The second-order valence-corrected chi connectivity index (χ2v) is 7.11. The van der Waals surface area contributed by atoms with Gasteiger partial charge in [0.1, 0.15) is 4.90 Å². The summed E-state index contributed by atoms with van der Waals surface area (Å²) in [5, 5.41) is 1.50. The molecule has 0 aromatic heterocycles. The maximum atomic E-state index is 12.0. The molecule has 1 N–H and O–H groups in total. The van der Waals surface area contributed by atoms with Crippen LogP contribution >= 0.6 is 0 Å². The number of unbranched alkanes of at least 4 members (excludes halogenated alkanes) is 2. The van der Waals surface area contributed by atoms with Gasteiger partial charge >= 0.3 is 23.1 Å². The summed E-state index contributed by atoms with van der Waals surface area (Å²) >= 11 is 0. The van der Waals surface area contributed by atoms with Crippen molar-refractivity contribution in [2.75, 3.05) is 0 Å². The van der Waals surface area contributed by atoms with Crippen molar-refractivity contribution in [3.05, 3.63) is 41.5 Å². The van der Waals surface area contributed by atoms with Crippen LogP contribution in [0.25, 0.3) is 10.8 Å². The fourth-order valence-electron chi connectivity index (χ4n) is 2.93. The van der Waals surface area contributed by atoms with E-state index >= 15 is 0 Å². The van der Waals surface area contributed by atoms with Gasteiger partial charge in [0.15, 0.2) is 0 Å². The average molecular weight is 347 g/mol. The Hall–Kier alpha value is -0.624. The van der Waals surface area contributed by atoms with E-state index in [0.717, 1.165) is 48.6 Å². The summed E-state index contributed by atoms with van der Waals surface area (Å²) in [6, 6.07) is 9.48. The second-order valence-electron chi connectivity index (χ2n) is 5.75. The molecule has 3 nitrogen and oxygen atoms in total. The Morgan fingerprint density at radius 3 is 2.22 bits per heavy atom. The van der Waals surface area contributed by atoms with Crippen LogP contribution in [0.3, 0.4) is 0 Å². The number of fused-ring (bicyclic) bond motifs is 1. The fraction of sp³-hybridized carbons (Fsp3) is 0.444. The molecule has 0 aliphatic carbocycles. The van der Waals surface area contributed by atoms with Gasteiger partial charge in [0.25, 0.3) is 10.1 Å². The van der Waals surface area contributed by atoms with Crippen molar-refractivity contribution in [3.63, 3.8) is 0 Å². The minimum atomic E-state index is -4.24. The van der Waals surface area contributed by atoms with Crippen LogP contribution in [0.2, 0.25) is 0 Å². The quantitative estimate of drug-likeness (QED) is 0.612. The summed E-state index contributed by atoms with van der Waals surface area (Å²) in [4.78, 5) is 0.116. The minimum Gasteiger partial charge on any atom is -0.282 e. The van der Waals surface area contributed by atoms with E-state index in [0.29, 0.717) is 11.8 Å². The lowest BCUT2D eigenvalue weighted by Gasteiger charge is -2.16. The second kappa shape index (κ2) is 9.02. The Morgan fingerprint density at radius 2 is 1.61 bits per heavy atom. The monoisotopic (exact) mass is 346 g/mol. The molecule has 2 rings (SSSR count). The smallest absolute Gasteiger partial charge is 0.282 e. The van der Waals surface area contributed by atoms with Crippen LogP contribution in [0.5, 0.6) is 0 Å². The number of hydrogen-bond acceptors (Lipinski definition) is 2. The van der Waals surface area contributed by atoms with Gasteiger partial charge in [-0.15, -0.1) is 0 Å². The number of aryl methyl sites for hydroxylation is 1. The zero-order chi connectivity index (χ0) is 16.2. The first-order chi connectivity index (χ1) is 10.5. The standard InChI is InChI=1S/C18H24O3S.Mg.2H/c1-3-5-9-14-13-15-10-7-8-12-17(15)18(22(19,20)21)16(14)11-6-4-2;;;/h7-8,10,12-13H,3-6,9,11H2,1-2H3,(H,19,20,21);;;. The van der Waals surface area contributed by atoms with Crippen LogP contribution in [0.1, 0.15) is 50.7 Å². The molecule has 0 saturated carbocycles. The zero-order valence-electron chi connectivity index (χ0n) is 13.3. The highest BCUT2D eigenvalue weighted by atomic mass is 32.2. The maximum absolute atomic E-state index is 12.0. The van der Waals surface area contributed by atoms with Gasteiger partial charge in [-0.2, -0.15) is 8.42 Å². The molecule has 0 unspecified atom stereocenters. The Morgan fingerprint density at radius 1 is 1.00 bits per heavy atom. The van der Waals surface area contributed by atoms with Gasteiger partial charge in [0, 0.05) is 5.39 Å². The normalized spacial score (nSPS) is 11.4. The highest BCUT2D eigenvalue weighted by Gasteiger charge is 2.22. The van der Waals surface area contributed by atoms with Gasteiger partial charge in [0.2, 0.25) is 0 Å². The molecule has 0 saturated heterocycles. The van der Waals surface area contributed by atoms with Gasteiger partial charge in [-0.1, -0.05) is 57.0 Å². The Bertz CT molecular complexity index is 754. The molecule has 0 amide bonds. The molecule has 0 fully saturated rings. The number of hydrogen-bond donors (Lipinski definition) is 1. The van der Waals surface area contributed by atoms with E-state index < -0.39 is 10.1 Å². The fourth-order valence-corrected chi connectivity index (χ4v) is 3.93. The molecule has 2 aromatic carbocycles. The molecule has 5 heteroatoms. The largest absolute Gasteiger partial charge is 0.316 e. The lowest BCUT2D eigenvalue weighted by Crippen LogP contribution is -2.08. The molecule has 23 heavy (non-hydrogen) atoms. The van der Waals surface area contributed by atoms with Gasteiger partial charge in [-0.05, 0) is 42.2 Å². The lowest BCUT2D eigenvalue weighted by molar-refractivity contribution is 0.482. The topological polar surface area (TPSA) is 54.4 Å². The van der Waals surface area contributed by atoms with Crippen molar-refractivity contribution in [2.24, 2.45) is 0 Å². The van der Waals surface area contributed by atoms with Gasteiger partial charge in [-0.25, -0.2) is 0 Å². The van der Waals surface area contributed by atoms with Gasteiger partial charge < -0.3 is 0 Å². The molecule has 0 bridgehead atoms. The van der Waals surface area contributed by atoms with E-state index in [1.165, 1.54) is 0 Å². The molecule has 0 aliphatic rings. The van der Waals surface area contributed by atoms with E-state index in [2.05, 4.69) is 19.9 Å². The molecule has 0 atom stereocenters. The van der Waals surface area contributed by atoms with Crippen molar-refractivity contribution in [1.82, 2.24) is 0 Å². The first-order valence-corrected chi connectivity index (χ1v) is 9.44. The van der Waals surface area contributed by atoms with Crippen LogP contribution in [-0.2, 0) is 23.0 Å². The zero-order valence-corrected chi connectivity index (χ0v) is 14.1. The Balaban J connectivity index is 0.00000264. The molecular formula is C18H26MgO3S. The van der Waals surface area contributed by atoms with E-state index in [-0.39, 0.29) is 27.9 Å². The summed E-state index contributed by atoms with van der Waals surface area (Å²) in [7, 11) is -4.24. The predicted octanol–water partition coefficient (Wildman–Crippen LogP) is 3.86. The summed E-state index contributed by atoms with van der Waals surface area (Å²) < 4.78 is 33.8. The number of benzene rings is 2. The molecule has 0 heterocycles. The highest BCUT2D eigenvalue weighted by Crippen LogP contribution is 2.32. The molecular weight excluding hydrogens is 321 g/mol. The van der Waals surface area contributed by atoms with Crippen LogP contribution in [0, 0.1) is 0 Å². The predicted molar refractivity (Wildman–Crippen MR) is 99.5 cm³/mol. The van der Waals surface area contributed by atoms with Crippen molar-refractivity contribution in [2.45, 2.75) is 57.3 Å². The average Bonchev–Trinajstić information content (AvgIpc) is 2.48. The first kappa shape index (κ1) is 20.4. The van der Waals surface area contributed by atoms with Gasteiger partial charge in [0.05, 0.1) is 0 Å². The maximum Gasteiger partial charge on any atom is 0.316 e. The summed E-state index contributed by atoms with van der Waals surface area (Å²) in [6.07, 6.45) is 5.52. The van der Waals surface area contributed by atoms with E-state index in [1.807, 2.05) is 18.2 Å². The lowest BCUT2D eigenvalue weighted by atomic mass is 9.94. The third kappa shape index (κ3) is 4.92. The minimum absolute atomic E-state index is 0. The van der Waals surface area contributed by atoms with Crippen LogP contribution in [0.15, 0.2) is 35.2 Å². The third-order valence-electron chi connectivity index (χ3n) is 4.03.